The van der Waals surface area contributed by atoms with Crippen molar-refractivity contribution in [3.63, 3.8) is 0 Å². The number of sulfone groups is 1. The van der Waals surface area contributed by atoms with Crippen molar-refractivity contribution in [2.24, 2.45) is 7.05 Å². The SMILES string of the molecule is Cc1[nH]c(S(=O)(=O)Cc2nnc(C)n2C)nc1Cc1ccccc1. The maximum Gasteiger partial charge on any atom is 0.225 e. The van der Waals surface area contributed by atoms with Crippen LogP contribution in [0.5, 0.6) is 0 Å². The van der Waals surface area contributed by atoms with Gasteiger partial charge < -0.3 is 9.55 Å². The van der Waals surface area contributed by atoms with Gasteiger partial charge in [-0.05, 0) is 19.4 Å². The molecule has 0 atom stereocenters. The zero-order valence-electron chi connectivity index (χ0n) is 13.8. The molecule has 0 aliphatic heterocycles. The second-order valence-electron chi connectivity index (χ2n) is 5.76. The molecule has 0 radical (unpaired) electrons. The van der Waals surface area contributed by atoms with E-state index in [-0.39, 0.29) is 10.9 Å². The summed E-state index contributed by atoms with van der Waals surface area (Å²) in [4.78, 5) is 7.20. The van der Waals surface area contributed by atoms with Crippen molar-refractivity contribution in [2.45, 2.75) is 31.2 Å². The average molecular weight is 345 g/mol. The van der Waals surface area contributed by atoms with E-state index in [1.165, 1.54) is 0 Å². The molecule has 0 unspecified atom stereocenters. The third-order valence-electron chi connectivity index (χ3n) is 3.97. The standard InChI is InChI=1S/C16H19N5O2S/c1-11-14(9-13-7-5-4-6-8-13)18-16(17-11)24(22,23)10-15-20-19-12(2)21(15)3/h4-8H,9-10H2,1-3H3,(H,17,18). The van der Waals surface area contributed by atoms with Crippen LogP contribution in [0.15, 0.2) is 35.5 Å². The second-order valence-corrected chi connectivity index (χ2v) is 7.66. The molecule has 0 aliphatic rings. The number of imidazole rings is 1. The van der Waals surface area contributed by atoms with Crippen molar-refractivity contribution >= 4 is 9.84 Å². The van der Waals surface area contributed by atoms with Crippen LogP contribution in [0.4, 0.5) is 0 Å². The molecule has 0 spiro atoms. The minimum absolute atomic E-state index is 0.0217. The Labute approximate surface area is 140 Å². The Balaban J connectivity index is 1.86. The van der Waals surface area contributed by atoms with E-state index in [1.54, 1.807) is 18.5 Å². The van der Waals surface area contributed by atoms with E-state index in [4.69, 9.17) is 0 Å². The summed E-state index contributed by atoms with van der Waals surface area (Å²) in [6.45, 7) is 3.61. The molecule has 1 N–H and O–H groups in total. The van der Waals surface area contributed by atoms with Gasteiger partial charge in [-0.25, -0.2) is 13.4 Å². The van der Waals surface area contributed by atoms with Crippen LogP contribution in [-0.4, -0.2) is 33.2 Å². The normalized spacial score (nSPS) is 11.8. The van der Waals surface area contributed by atoms with E-state index in [9.17, 15) is 8.42 Å². The van der Waals surface area contributed by atoms with Crippen LogP contribution in [0, 0.1) is 13.8 Å². The number of aromatic amines is 1. The van der Waals surface area contributed by atoms with Gasteiger partial charge in [0.2, 0.25) is 15.0 Å². The summed E-state index contributed by atoms with van der Waals surface area (Å²) in [6, 6.07) is 9.83. The first-order valence-corrected chi connectivity index (χ1v) is 9.19. The quantitative estimate of drug-likeness (QED) is 0.760. The Hall–Kier alpha value is -2.48. The second kappa shape index (κ2) is 6.20. The van der Waals surface area contributed by atoms with Crippen molar-refractivity contribution in [1.82, 2.24) is 24.7 Å². The lowest BCUT2D eigenvalue weighted by Crippen LogP contribution is -2.11. The van der Waals surface area contributed by atoms with Crippen molar-refractivity contribution in [2.75, 3.05) is 0 Å². The van der Waals surface area contributed by atoms with Gasteiger partial charge in [-0.3, -0.25) is 0 Å². The maximum absolute atomic E-state index is 12.6. The van der Waals surface area contributed by atoms with Gasteiger partial charge in [0, 0.05) is 19.2 Å². The van der Waals surface area contributed by atoms with Gasteiger partial charge in [-0.1, -0.05) is 30.3 Å². The molecular weight excluding hydrogens is 326 g/mol. The predicted molar refractivity (Wildman–Crippen MR) is 89.2 cm³/mol. The number of hydrogen-bond acceptors (Lipinski definition) is 5. The van der Waals surface area contributed by atoms with Crippen molar-refractivity contribution in [1.29, 1.82) is 0 Å². The van der Waals surface area contributed by atoms with E-state index in [2.05, 4.69) is 20.2 Å². The number of H-pyrrole nitrogens is 1. The Morgan fingerprint density at radius 2 is 1.83 bits per heavy atom. The molecule has 0 bridgehead atoms. The van der Waals surface area contributed by atoms with Gasteiger partial charge in [-0.15, -0.1) is 10.2 Å². The minimum Gasteiger partial charge on any atom is -0.333 e. The summed E-state index contributed by atoms with van der Waals surface area (Å²) in [7, 11) is -1.86. The van der Waals surface area contributed by atoms with Crippen molar-refractivity contribution in [3.8, 4) is 0 Å². The highest BCUT2D eigenvalue weighted by Crippen LogP contribution is 2.17. The lowest BCUT2D eigenvalue weighted by Gasteiger charge is -2.01. The summed E-state index contributed by atoms with van der Waals surface area (Å²) >= 11 is 0. The van der Waals surface area contributed by atoms with Crippen LogP contribution in [-0.2, 0) is 29.1 Å². The van der Waals surface area contributed by atoms with Gasteiger partial charge in [0.05, 0.1) is 5.69 Å². The predicted octanol–water partition coefficient (Wildman–Crippen LogP) is 1.72. The van der Waals surface area contributed by atoms with Crippen LogP contribution in [0.25, 0.3) is 0 Å². The number of nitrogens with one attached hydrogen (secondary N) is 1. The largest absolute Gasteiger partial charge is 0.333 e. The minimum atomic E-state index is -3.61. The van der Waals surface area contributed by atoms with Gasteiger partial charge in [-0.2, -0.15) is 0 Å². The van der Waals surface area contributed by atoms with E-state index >= 15 is 0 Å². The molecule has 0 fully saturated rings. The Morgan fingerprint density at radius 1 is 1.12 bits per heavy atom. The molecule has 3 aromatic rings. The molecule has 7 nitrogen and oxygen atoms in total. The van der Waals surface area contributed by atoms with E-state index in [1.807, 2.05) is 37.3 Å². The molecule has 0 saturated heterocycles. The van der Waals surface area contributed by atoms with E-state index in [0.29, 0.717) is 18.1 Å². The Kier molecular flexibility index (Phi) is 4.23. The first kappa shape index (κ1) is 16.4. The highest BCUT2D eigenvalue weighted by molar-refractivity contribution is 7.90. The molecular formula is C16H19N5O2S. The third-order valence-corrected chi connectivity index (χ3v) is 5.40. The summed E-state index contributed by atoms with van der Waals surface area (Å²) in [5, 5.41) is 7.78. The first-order valence-electron chi connectivity index (χ1n) is 7.54. The van der Waals surface area contributed by atoms with Gasteiger partial charge in [0.1, 0.15) is 17.4 Å². The number of nitrogens with zero attached hydrogens (tertiary/aromatic N) is 4. The van der Waals surface area contributed by atoms with E-state index in [0.717, 1.165) is 17.0 Å². The number of hydrogen-bond donors (Lipinski definition) is 1. The summed E-state index contributed by atoms with van der Waals surface area (Å²) in [6.07, 6.45) is 0.585. The fourth-order valence-electron chi connectivity index (χ4n) is 2.39. The molecule has 0 aliphatic carbocycles. The zero-order valence-corrected chi connectivity index (χ0v) is 14.6. The molecule has 1 aromatic carbocycles. The topological polar surface area (TPSA) is 93.5 Å². The Bertz CT molecular complexity index is 958. The summed E-state index contributed by atoms with van der Waals surface area (Å²) < 4.78 is 26.9. The molecule has 2 heterocycles. The zero-order chi connectivity index (χ0) is 17.3. The lowest BCUT2D eigenvalue weighted by atomic mass is 10.1. The van der Waals surface area contributed by atoms with Crippen molar-refractivity contribution < 1.29 is 8.42 Å². The fourth-order valence-corrected chi connectivity index (χ4v) is 3.68. The summed E-state index contributed by atoms with van der Waals surface area (Å²) in [5.41, 5.74) is 2.57. The number of benzene rings is 1. The Morgan fingerprint density at radius 3 is 2.46 bits per heavy atom. The van der Waals surface area contributed by atoms with Gasteiger partial charge in [0.25, 0.3) is 0 Å². The number of rotatable bonds is 5. The summed E-state index contributed by atoms with van der Waals surface area (Å²) in [5.74, 6) is 0.828. The van der Waals surface area contributed by atoms with Crippen LogP contribution < -0.4 is 0 Å². The maximum atomic E-state index is 12.6. The smallest absolute Gasteiger partial charge is 0.225 e. The van der Waals surface area contributed by atoms with Gasteiger partial charge >= 0.3 is 0 Å². The van der Waals surface area contributed by atoms with E-state index < -0.39 is 9.84 Å². The monoisotopic (exact) mass is 345 g/mol. The molecule has 8 heteroatoms. The highest BCUT2D eigenvalue weighted by Gasteiger charge is 2.24. The van der Waals surface area contributed by atoms with Crippen molar-refractivity contribution in [3.05, 3.63) is 58.9 Å². The van der Waals surface area contributed by atoms with Crippen LogP contribution in [0.1, 0.15) is 28.6 Å². The van der Waals surface area contributed by atoms with Gasteiger partial charge in [0.15, 0.2) is 0 Å². The van der Waals surface area contributed by atoms with Crippen LogP contribution in [0.2, 0.25) is 0 Å². The van der Waals surface area contributed by atoms with Crippen LogP contribution in [0.3, 0.4) is 0 Å². The van der Waals surface area contributed by atoms with Crippen LogP contribution >= 0.6 is 0 Å². The third kappa shape index (κ3) is 3.23. The number of aromatic nitrogens is 5. The average Bonchev–Trinajstić information content (AvgIpc) is 3.06. The molecule has 0 amide bonds. The molecule has 3 rings (SSSR count). The molecule has 24 heavy (non-hydrogen) atoms. The molecule has 2 aromatic heterocycles. The fraction of sp³-hybridized carbons (Fsp3) is 0.312. The lowest BCUT2D eigenvalue weighted by molar-refractivity contribution is 0.584. The highest BCUT2D eigenvalue weighted by atomic mass is 32.2. The number of aryl methyl sites for hydroxylation is 2. The molecule has 0 saturated carbocycles. The first-order chi connectivity index (χ1) is 11.4. The molecule has 126 valence electrons.